The Labute approximate surface area is 297 Å². The van der Waals surface area contributed by atoms with Gasteiger partial charge in [0.15, 0.2) is 18.3 Å². The van der Waals surface area contributed by atoms with Gasteiger partial charge in [-0.05, 0) is 50.5 Å². The highest BCUT2D eigenvalue weighted by Crippen LogP contribution is 2.71. The van der Waals surface area contributed by atoms with Crippen molar-refractivity contribution in [1.29, 1.82) is 0 Å². The third kappa shape index (κ3) is 5.80. The fraction of sp³-hybridized carbons (Fsp3) is 0.784. The second-order valence-electron chi connectivity index (χ2n) is 16.1. The van der Waals surface area contributed by atoms with Crippen molar-refractivity contribution in [2.75, 3.05) is 20.3 Å². The maximum absolute atomic E-state index is 14.8. The molecule has 0 aromatic rings. The molecule has 2 saturated carbocycles. The van der Waals surface area contributed by atoms with Crippen LogP contribution in [0.1, 0.15) is 67.2 Å². The number of hydrogen-bond acceptors (Lipinski definition) is 14. The molecule has 51 heavy (non-hydrogen) atoms. The lowest BCUT2D eigenvalue weighted by Gasteiger charge is -2.70. The largest absolute Gasteiger partial charge is 0.493 e. The zero-order chi connectivity index (χ0) is 37.4. The first-order chi connectivity index (χ1) is 24.0. The molecule has 6 aliphatic rings. The summed E-state index contributed by atoms with van der Waals surface area (Å²) in [7, 11) is 1.45. The van der Waals surface area contributed by atoms with Crippen LogP contribution in [0.15, 0.2) is 23.5 Å². The first-order valence-electron chi connectivity index (χ1n) is 17.9. The maximum atomic E-state index is 14.8. The Balaban J connectivity index is 1.48. The number of carbonyl (C=O) groups excluding carboxylic acids is 4. The van der Waals surface area contributed by atoms with Crippen molar-refractivity contribution in [2.24, 2.45) is 45.8 Å². The van der Waals surface area contributed by atoms with E-state index in [1.807, 2.05) is 20.8 Å². The van der Waals surface area contributed by atoms with Gasteiger partial charge in [0.2, 0.25) is 5.78 Å². The van der Waals surface area contributed by atoms with Crippen LogP contribution in [0.5, 0.6) is 0 Å². The van der Waals surface area contributed by atoms with E-state index in [-0.39, 0.29) is 55.0 Å². The number of Topliss-reactive ketones (excluding diaryl/α,β-unsaturated/α-hetero) is 2. The Morgan fingerprint density at radius 1 is 1.06 bits per heavy atom. The van der Waals surface area contributed by atoms with Crippen molar-refractivity contribution < 1.29 is 68.0 Å². The second kappa shape index (κ2) is 13.6. The fourth-order valence-corrected chi connectivity index (χ4v) is 10.8. The minimum absolute atomic E-state index is 0.0413. The molecule has 284 valence electrons. The quantitative estimate of drug-likeness (QED) is 0.207. The van der Waals surface area contributed by atoms with Gasteiger partial charge in [-0.2, -0.15) is 0 Å². The number of rotatable bonds is 8. The van der Waals surface area contributed by atoms with Gasteiger partial charge in [-0.1, -0.05) is 33.8 Å². The number of ketones is 2. The fourth-order valence-electron chi connectivity index (χ4n) is 10.8. The molecule has 0 aromatic heterocycles. The number of hydrogen-bond donors (Lipinski definition) is 4. The molecule has 3 heterocycles. The Bertz CT molecular complexity index is 1490. The summed E-state index contributed by atoms with van der Waals surface area (Å²) < 4.78 is 35.9. The summed E-state index contributed by atoms with van der Waals surface area (Å²) in [5.41, 5.74) is -2.98. The van der Waals surface area contributed by atoms with Crippen LogP contribution < -0.4 is 0 Å². The molecular formula is C37H52O14. The summed E-state index contributed by atoms with van der Waals surface area (Å²) in [6.07, 6.45) is -6.53. The van der Waals surface area contributed by atoms with Gasteiger partial charge >= 0.3 is 11.9 Å². The average Bonchev–Trinajstić information content (AvgIpc) is 3.53. The lowest BCUT2D eigenvalue weighted by molar-refractivity contribution is -0.379. The number of aliphatic hydroxyl groups is 4. The zero-order valence-electron chi connectivity index (χ0n) is 30.3. The molecule has 16 atom stereocenters. The van der Waals surface area contributed by atoms with Gasteiger partial charge in [-0.15, -0.1) is 0 Å². The predicted octanol–water partition coefficient (Wildman–Crippen LogP) is 1.35. The van der Waals surface area contributed by atoms with Crippen molar-refractivity contribution >= 4 is 23.5 Å². The Hall–Kier alpha value is -2.72. The minimum Gasteiger partial charge on any atom is -0.493 e. The van der Waals surface area contributed by atoms with E-state index in [1.165, 1.54) is 7.11 Å². The minimum atomic E-state index is -1.68. The molecular weight excluding hydrogens is 668 g/mol. The van der Waals surface area contributed by atoms with E-state index in [4.69, 9.17) is 28.4 Å². The zero-order valence-corrected chi connectivity index (χ0v) is 30.3. The number of methoxy groups -OCH3 is 1. The number of aliphatic hydroxyl groups excluding tert-OH is 4. The summed E-state index contributed by atoms with van der Waals surface area (Å²) >= 11 is 0. The number of esters is 2. The number of fused-ring (bicyclic) bond motifs is 2. The molecule has 0 bridgehead atoms. The number of ether oxygens (including phenoxy) is 6. The van der Waals surface area contributed by atoms with E-state index in [2.05, 4.69) is 0 Å². The van der Waals surface area contributed by atoms with Crippen LogP contribution in [0, 0.1) is 45.8 Å². The molecule has 14 heteroatoms. The molecule has 0 radical (unpaired) electrons. The molecule has 5 fully saturated rings. The highest BCUT2D eigenvalue weighted by atomic mass is 16.8. The standard InChI is InChI=1S/C37H52O14/c1-8-16(2)33(45)48-21-13-35(4,31(43)18-10-25(39)47-15-18)23-12-26(51-34-29(42)28(41)27(40)22(14-38)49-34)50-24-11-19-17(3)9-20(46-7)32(44)36(19,5)30(21)37(23,24)6/h8-9,17-19,21-24,26-30,34,38,40-42H,10-15H2,1-7H3/b16-8+/t17-,18+,19+,21-,22-,23+,24-,26+,27-,28+,29-,30-,34+,35-,36+,37-/m1/s1. The third-order valence-corrected chi connectivity index (χ3v) is 13.4. The lowest BCUT2D eigenvalue weighted by atomic mass is 9.36. The topological polar surface area (TPSA) is 205 Å². The first-order valence-corrected chi connectivity index (χ1v) is 17.9. The van der Waals surface area contributed by atoms with Crippen molar-refractivity contribution in [3.05, 3.63) is 23.5 Å². The number of allylic oxidation sites excluding steroid dienone is 3. The summed E-state index contributed by atoms with van der Waals surface area (Å²) in [6.45, 7) is 10.3. The molecule has 0 aromatic carbocycles. The second-order valence-corrected chi connectivity index (χ2v) is 16.1. The lowest BCUT2D eigenvalue weighted by Crippen LogP contribution is -2.74. The van der Waals surface area contributed by atoms with Gasteiger partial charge in [0.25, 0.3) is 0 Å². The molecule has 4 N–H and O–H groups in total. The van der Waals surface area contributed by atoms with Crippen molar-refractivity contribution in [3.63, 3.8) is 0 Å². The molecule has 0 unspecified atom stereocenters. The monoisotopic (exact) mass is 720 g/mol. The first kappa shape index (κ1) is 38.0. The molecule has 3 saturated heterocycles. The predicted molar refractivity (Wildman–Crippen MR) is 175 cm³/mol. The van der Waals surface area contributed by atoms with Gasteiger partial charge in [0.1, 0.15) is 42.9 Å². The summed E-state index contributed by atoms with van der Waals surface area (Å²) in [6, 6.07) is 0. The van der Waals surface area contributed by atoms with Crippen LogP contribution in [-0.2, 0) is 47.6 Å². The molecule has 6 rings (SSSR count). The Morgan fingerprint density at radius 3 is 2.37 bits per heavy atom. The van der Waals surface area contributed by atoms with E-state index in [0.29, 0.717) is 12.0 Å². The van der Waals surface area contributed by atoms with E-state index in [1.54, 1.807) is 32.9 Å². The van der Waals surface area contributed by atoms with Crippen LogP contribution in [0.25, 0.3) is 0 Å². The van der Waals surface area contributed by atoms with Crippen LogP contribution >= 0.6 is 0 Å². The van der Waals surface area contributed by atoms with Gasteiger partial charge in [0.05, 0.1) is 32.2 Å². The van der Waals surface area contributed by atoms with E-state index < -0.39 is 102 Å². The number of cyclic esters (lactones) is 1. The SMILES string of the molecule is C/C=C(\C)C(=O)O[C@@H]1C[C@@](C)(C(=O)[C@@H]2COC(=O)C2)[C@@H]2C[C@H](O[C@@H]3O[C@H](CO)[C@@H](O)[C@H](O)[C@H]3O)O[C@@H]3C[C@H]4[C@H](C)C=C(OC)C(=O)[C@]4(C)[C@@H]1[C@]23C. The van der Waals surface area contributed by atoms with Gasteiger partial charge in [-0.25, -0.2) is 4.79 Å². The van der Waals surface area contributed by atoms with Gasteiger partial charge in [-0.3, -0.25) is 14.4 Å². The highest BCUT2D eigenvalue weighted by molar-refractivity contribution is 6.00. The van der Waals surface area contributed by atoms with E-state index in [0.717, 1.165) is 0 Å². The summed E-state index contributed by atoms with van der Waals surface area (Å²) in [5.74, 6) is -3.72. The summed E-state index contributed by atoms with van der Waals surface area (Å²) in [4.78, 5) is 55.2. The van der Waals surface area contributed by atoms with Crippen LogP contribution in [0.3, 0.4) is 0 Å². The van der Waals surface area contributed by atoms with E-state index in [9.17, 15) is 39.6 Å². The molecule has 0 spiro atoms. The van der Waals surface area contributed by atoms with Crippen LogP contribution in [0.4, 0.5) is 0 Å². The van der Waals surface area contributed by atoms with Gasteiger partial charge < -0.3 is 48.8 Å². The van der Waals surface area contributed by atoms with Gasteiger partial charge in [0, 0.05) is 34.2 Å². The Kier molecular flexibility index (Phi) is 10.1. The Morgan fingerprint density at radius 2 is 1.76 bits per heavy atom. The van der Waals surface area contributed by atoms with Crippen molar-refractivity contribution in [2.45, 2.75) is 116 Å². The highest BCUT2D eigenvalue weighted by Gasteiger charge is 2.75. The maximum Gasteiger partial charge on any atom is 0.333 e. The molecule has 0 amide bonds. The number of carbonyl (C=O) groups is 4. The van der Waals surface area contributed by atoms with Crippen LogP contribution in [-0.4, -0.2) is 113 Å². The van der Waals surface area contributed by atoms with Crippen molar-refractivity contribution in [3.8, 4) is 0 Å². The average molecular weight is 721 g/mol. The molecule has 3 aliphatic carbocycles. The molecule has 3 aliphatic heterocycles. The normalized spacial score (nSPS) is 48.2. The third-order valence-electron chi connectivity index (χ3n) is 13.4. The molecule has 14 nitrogen and oxygen atoms in total. The van der Waals surface area contributed by atoms with Crippen molar-refractivity contribution in [1.82, 2.24) is 0 Å². The van der Waals surface area contributed by atoms with Crippen LogP contribution in [0.2, 0.25) is 0 Å². The smallest absolute Gasteiger partial charge is 0.333 e. The van der Waals surface area contributed by atoms with E-state index >= 15 is 0 Å². The summed E-state index contributed by atoms with van der Waals surface area (Å²) in [5, 5.41) is 41.5.